The number of thioether (sulfide) groups is 1. The first-order valence-corrected chi connectivity index (χ1v) is 15.1. The Bertz CT molecular complexity index is 1040. The second-order valence-electron chi connectivity index (χ2n) is 9.96. The summed E-state index contributed by atoms with van der Waals surface area (Å²) in [7, 11) is 0. The van der Waals surface area contributed by atoms with Gasteiger partial charge in [0.05, 0.1) is 13.2 Å². The molecule has 0 aliphatic carbocycles. The van der Waals surface area contributed by atoms with Gasteiger partial charge in [-0.25, -0.2) is 9.97 Å². The largest absolute Gasteiger partial charge is 0.356 e. The number of rotatable bonds is 12. The molecule has 2 aliphatic rings. The molecule has 1 spiro atoms. The second-order valence-corrected chi connectivity index (χ2v) is 11.3. The number of nitrogens with zero attached hydrogens (tertiary/aromatic N) is 4. The molecule has 0 saturated carbocycles. The Morgan fingerprint density at radius 3 is 2.50 bits per heavy atom. The van der Waals surface area contributed by atoms with Crippen LogP contribution in [0.5, 0.6) is 0 Å². The lowest BCUT2D eigenvalue weighted by Gasteiger charge is -2.38. The van der Waals surface area contributed by atoms with E-state index in [1.54, 1.807) is 0 Å². The average Bonchev–Trinajstić information content (AvgIpc) is 3.38. The molecule has 0 radical (unpaired) electrons. The predicted octanol–water partition coefficient (Wildman–Crippen LogP) is 5.01. The van der Waals surface area contributed by atoms with Crippen molar-refractivity contribution in [3.8, 4) is 0 Å². The third-order valence-corrected chi connectivity index (χ3v) is 8.40. The molecule has 8 nitrogen and oxygen atoms in total. The zero-order valence-electron chi connectivity index (χ0n) is 22.7. The molecule has 2 saturated heterocycles. The van der Waals surface area contributed by atoms with Gasteiger partial charge in [0, 0.05) is 49.4 Å². The fraction of sp³-hybridized carbons (Fsp3) is 0.607. The van der Waals surface area contributed by atoms with Crippen molar-refractivity contribution in [2.24, 2.45) is 0 Å². The van der Waals surface area contributed by atoms with Gasteiger partial charge < -0.3 is 24.6 Å². The van der Waals surface area contributed by atoms with Crippen molar-refractivity contribution < 1.29 is 14.3 Å². The number of amides is 1. The van der Waals surface area contributed by atoms with Crippen LogP contribution < -0.4 is 10.2 Å². The van der Waals surface area contributed by atoms with Crippen LogP contribution in [0.25, 0.3) is 0 Å². The van der Waals surface area contributed by atoms with Crippen LogP contribution in [0, 0.1) is 0 Å². The van der Waals surface area contributed by atoms with E-state index in [0.29, 0.717) is 34.8 Å². The highest BCUT2D eigenvalue weighted by atomic mass is 35.5. The van der Waals surface area contributed by atoms with Crippen molar-refractivity contribution in [1.82, 2.24) is 20.2 Å². The van der Waals surface area contributed by atoms with Crippen LogP contribution in [0.3, 0.4) is 0 Å². The average molecular weight is 562 g/mol. The third kappa shape index (κ3) is 8.05. The SMILES string of the molecule is CCN(CC)CCCC(C)NC(=O)c1ccc(CSc2nc(Cl)cc(N3CCC4(CC3)OCCO4)n2)cc1. The van der Waals surface area contributed by atoms with E-state index in [2.05, 4.69) is 40.9 Å². The number of carbonyl (C=O) groups excluding carboxylic acids is 1. The second kappa shape index (κ2) is 13.9. The first-order chi connectivity index (χ1) is 18.4. The van der Waals surface area contributed by atoms with Crippen molar-refractivity contribution in [3.63, 3.8) is 0 Å². The van der Waals surface area contributed by atoms with Gasteiger partial charge in [-0.1, -0.05) is 49.3 Å². The highest BCUT2D eigenvalue weighted by Crippen LogP contribution is 2.33. The van der Waals surface area contributed by atoms with E-state index >= 15 is 0 Å². The van der Waals surface area contributed by atoms with Gasteiger partial charge in [-0.05, 0) is 57.1 Å². The number of ether oxygens (including phenoxy) is 2. The lowest BCUT2D eigenvalue weighted by Crippen LogP contribution is -2.45. The van der Waals surface area contributed by atoms with Crippen LogP contribution in [-0.4, -0.2) is 78.5 Å². The summed E-state index contributed by atoms with van der Waals surface area (Å²) in [5.74, 6) is 1.07. The molecule has 2 fully saturated rings. The molecule has 1 aromatic heterocycles. The van der Waals surface area contributed by atoms with E-state index in [9.17, 15) is 4.79 Å². The minimum atomic E-state index is -0.419. The molecule has 4 rings (SSSR count). The van der Waals surface area contributed by atoms with E-state index in [1.807, 2.05) is 30.3 Å². The molecule has 3 heterocycles. The number of anilines is 1. The fourth-order valence-electron chi connectivity index (χ4n) is 4.91. The van der Waals surface area contributed by atoms with Gasteiger partial charge in [-0.3, -0.25) is 4.79 Å². The normalized spacial score (nSPS) is 17.8. The zero-order valence-corrected chi connectivity index (χ0v) is 24.3. The molecular formula is C28H40ClN5O3S. The molecule has 1 unspecified atom stereocenters. The van der Waals surface area contributed by atoms with E-state index in [1.165, 1.54) is 11.8 Å². The highest BCUT2D eigenvalue weighted by Gasteiger charge is 2.40. The molecular weight excluding hydrogens is 522 g/mol. The van der Waals surface area contributed by atoms with Gasteiger partial charge in [0.25, 0.3) is 5.91 Å². The van der Waals surface area contributed by atoms with Gasteiger partial charge in [-0.15, -0.1) is 0 Å². The molecule has 2 aliphatic heterocycles. The van der Waals surface area contributed by atoms with Crippen LogP contribution in [-0.2, 0) is 15.2 Å². The topological polar surface area (TPSA) is 79.8 Å². The summed E-state index contributed by atoms with van der Waals surface area (Å²) in [6, 6.07) is 9.71. The maximum atomic E-state index is 12.7. The molecule has 10 heteroatoms. The first kappa shape index (κ1) is 29.1. The van der Waals surface area contributed by atoms with Crippen molar-refractivity contribution >= 4 is 35.1 Å². The number of nitrogens with one attached hydrogen (secondary N) is 1. The Morgan fingerprint density at radius 2 is 1.84 bits per heavy atom. The van der Waals surface area contributed by atoms with Crippen molar-refractivity contribution in [2.45, 2.75) is 69.2 Å². The van der Waals surface area contributed by atoms with Gasteiger partial charge in [0.1, 0.15) is 11.0 Å². The predicted molar refractivity (Wildman–Crippen MR) is 153 cm³/mol. The molecule has 1 atom stereocenters. The first-order valence-electron chi connectivity index (χ1n) is 13.7. The van der Waals surface area contributed by atoms with Gasteiger partial charge in [0.2, 0.25) is 0 Å². The maximum Gasteiger partial charge on any atom is 0.251 e. The lowest BCUT2D eigenvalue weighted by atomic mass is 10.0. The Hall–Kier alpha value is -1.91. The summed E-state index contributed by atoms with van der Waals surface area (Å²) in [5, 5.41) is 4.20. The van der Waals surface area contributed by atoms with Crippen LogP contribution >= 0.6 is 23.4 Å². The molecule has 208 valence electrons. The minimum absolute atomic E-state index is 0.0286. The molecule has 0 bridgehead atoms. The number of hydrogen-bond acceptors (Lipinski definition) is 8. The number of hydrogen-bond donors (Lipinski definition) is 1. The van der Waals surface area contributed by atoms with Gasteiger partial charge in [0.15, 0.2) is 10.9 Å². The quantitative estimate of drug-likeness (QED) is 0.220. The van der Waals surface area contributed by atoms with Gasteiger partial charge >= 0.3 is 0 Å². The van der Waals surface area contributed by atoms with E-state index < -0.39 is 5.79 Å². The summed E-state index contributed by atoms with van der Waals surface area (Å²) in [4.78, 5) is 26.5. The van der Waals surface area contributed by atoms with E-state index in [0.717, 1.165) is 69.8 Å². The molecule has 38 heavy (non-hydrogen) atoms. The molecule has 2 aromatic rings. The molecule has 1 amide bonds. The third-order valence-electron chi connectivity index (χ3n) is 7.29. The number of benzene rings is 1. The number of aromatic nitrogens is 2. The minimum Gasteiger partial charge on any atom is -0.356 e. The fourth-order valence-corrected chi connectivity index (χ4v) is 5.95. The van der Waals surface area contributed by atoms with Crippen LogP contribution in [0.4, 0.5) is 5.82 Å². The maximum absolute atomic E-state index is 12.7. The standard InChI is InChI=1S/C28H40ClN5O3S/c1-4-33(5-2)14-6-7-21(3)30-26(35)23-10-8-22(9-11-23)20-38-27-31-24(29)19-25(32-27)34-15-12-28(13-16-34)36-17-18-37-28/h8-11,19,21H,4-7,12-18,20H2,1-3H3,(H,30,35). The molecule has 1 aromatic carbocycles. The Labute approximate surface area is 235 Å². The summed E-state index contributed by atoms with van der Waals surface area (Å²) < 4.78 is 11.7. The van der Waals surface area contributed by atoms with Gasteiger partial charge in [-0.2, -0.15) is 0 Å². The highest BCUT2D eigenvalue weighted by molar-refractivity contribution is 7.98. The molecule has 1 N–H and O–H groups in total. The Morgan fingerprint density at radius 1 is 1.16 bits per heavy atom. The van der Waals surface area contributed by atoms with Crippen LogP contribution in [0.2, 0.25) is 5.15 Å². The summed E-state index contributed by atoms with van der Waals surface area (Å²) in [6.07, 6.45) is 3.67. The summed E-state index contributed by atoms with van der Waals surface area (Å²) in [6.45, 7) is 12.6. The summed E-state index contributed by atoms with van der Waals surface area (Å²) in [5.41, 5.74) is 1.77. The lowest BCUT2D eigenvalue weighted by molar-refractivity contribution is -0.169. The zero-order chi connectivity index (χ0) is 27.0. The number of carbonyl (C=O) groups is 1. The Kier molecular flexibility index (Phi) is 10.7. The van der Waals surface area contributed by atoms with E-state index in [-0.39, 0.29) is 11.9 Å². The Balaban J connectivity index is 1.25. The van der Waals surface area contributed by atoms with Crippen molar-refractivity contribution in [2.75, 3.05) is 50.8 Å². The number of halogens is 1. The van der Waals surface area contributed by atoms with E-state index in [4.69, 9.17) is 26.1 Å². The number of piperidine rings is 1. The van der Waals surface area contributed by atoms with Crippen LogP contribution in [0.1, 0.15) is 62.4 Å². The smallest absolute Gasteiger partial charge is 0.251 e. The monoisotopic (exact) mass is 561 g/mol. The van der Waals surface area contributed by atoms with Crippen LogP contribution in [0.15, 0.2) is 35.5 Å². The van der Waals surface area contributed by atoms with Crippen molar-refractivity contribution in [1.29, 1.82) is 0 Å². The van der Waals surface area contributed by atoms with Crippen molar-refractivity contribution in [3.05, 3.63) is 46.6 Å². The summed E-state index contributed by atoms with van der Waals surface area (Å²) >= 11 is 7.88.